The van der Waals surface area contributed by atoms with Gasteiger partial charge in [-0.3, -0.25) is 0 Å². The lowest BCUT2D eigenvalue weighted by atomic mass is 10.1. The molecule has 0 aliphatic rings. The molecule has 0 spiro atoms. The van der Waals surface area contributed by atoms with Gasteiger partial charge in [0.1, 0.15) is 11.4 Å². The Hall–Kier alpha value is -2.07. The SMILES string of the molecule is COc1ccc(-c2cccc(C(=O)O)n2)cc1Cl. The van der Waals surface area contributed by atoms with Gasteiger partial charge in [0, 0.05) is 5.56 Å². The molecule has 0 bridgehead atoms. The third-order valence-corrected chi connectivity index (χ3v) is 2.71. The number of rotatable bonds is 3. The second-order valence-corrected chi connectivity index (χ2v) is 3.97. The number of ether oxygens (including phenoxy) is 1. The van der Waals surface area contributed by atoms with E-state index in [-0.39, 0.29) is 5.69 Å². The quantitative estimate of drug-likeness (QED) is 0.924. The van der Waals surface area contributed by atoms with Gasteiger partial charge in [-0.1, -0.05) is 17.7 Å². The van der Waals surface area contributed by atoms with Gasteiger partial charge in [-0.2, -0.15) is 0 Å². The molecular weight excluding hydrogens is 254 g/mol. The first kappa shape index (κ1) is 12.4. The number of carboxylic acids is 1. The number of halogens is 1. The number of methoxy groups -OCH3 is 1. The molecule has 92 valence electrons. The van der Waals surface area contributed by atoms with Gasteiger partial charge in [-0.15, -0.1) is 0 Å². The monoisotopic (exact) mass is 263 g/mol. The lowest BCUT2D eigenvalue weighted by molar-refractivity contribution is 0.0690. The molecule has 0 atom stereocenters. The third kappa shape index (κ3) is 2.43. The van der Waals surface area contributed by atoms with Crippen molar-refractivity contribution in [2.24, 2.45) is 0 Å². The second kappa shape index (κ2) is 5.06. The first-order chi connectivity index (χ1) is 8.61. The average Bonchev–Trinajstić information content (AvgIpc) is 2.38. The highest BCUT2D eigenvalue weighted by Crippen LogP contribution is 2.29. The minimum absolute atomic E-state index is 0.000518. The van der Waals surface area contributed by atoms with Crippen LogP contribution in [0.15, 0.2) is 36.4 Å². The van der Waals surface area contributed by atoms with Gasteiger partial charge in [0.2, 0.25) is 0 Å². The zero-order chi connectivity index (χ0) is 13.1. The molecule has 0 aliphatic carbocycles. The molecule has 0 saturated carbocycles. The Morgan fingerprint density at radius 2 is 2.11 bits per heavy atom. The number of pyridine rings is 1. The summed E-state index contributed by atoms with van der Waals surface area (Å²) >= 11 is 6.01. The summed E-state index contributed by atoms with van der Waals surface area (Å²) in [6, 6.07) is 9.99. The van der Waals surface area contributed by atoms with Gasteiger partial charge in [0.25, 0.3) is 0 Å². The maximum atomic E-state index is 10.8. The van der Waals surface area contributed by atoms with E-state index in [9.17, 15) is 4.79 Å². The molecule has 4 nitrogen and oxygen atoms in total. The number of hydrogen-bond donors (Lipinski definition) is 1. The topological polar surface area (TPSA) is 59.4 Å². The van der Waals surface area contributed by atoms with Crippen molar-refractivity contribution in [1.82, 2.24) is 4.98 Å². The van der Waals surface area contributed by atoms with Crippen LogP contribution in [0, 0.1) is 0 Å². The first-order valence-electron chi connectivity index (χ1n) is 5.16. The standard InChI is InChI=1S/C13H10ClNO3/c1-18-12-6-5-8(7-9(12)14)10-3-2-4-11(15-10)13(16)17/h2-7H,1H3,(H,16,17). The van der Waals surface area contributed by atoms with E-state index in [0.29, 0.717) is 16.5 Å². The fraction of sp³-hybridized carbons (Fsp3) is 0.0769. The van der Waals surface area contributed by atoms with E-state index in [1.54, 1.807) is 30.3 Å². The van der Waals surface area contributed by atoms with E-state index in [4.69, 9.17) is 21.4 Å². The molecule has 0 unspecified atom stereocenters. The van der Waals surface area contributed by atoms with Gasteiger partial charge in [-0.05, 0) is 30.3 Å². The normalized spacial score (nSPS) is 10.1. The largest absolute Gasteiger partial charge is 0.495 e. The number of aromatic nitrogens is 1. The van der Waals surface area contributed by atoms with Crippen molar-refractivity contribution < 1.29 is 14.6 Å². The molecule has 1 aromatic heterocycles. The van der Waals surface area contributed by atoms with E-state index in [1.165, 1.54) is 13.2 Å². The van der Waals surface area contributed by atoms with Crippen molar-refractivity contribution in [1.29, 1.82) is 0 Å². The highest BCUT2D eigenvalue weighted by Gasteiger charge is 2.08. The first-order valence-corrected chi connectivity index (χ1v) is 5.54. The molecule has 5 heteroatoms. The highest BCUT2D eigenvalue weighted by molar-refractivity contribution is 6.32. The van der Waals surface area contributed by atoms with Gasteiger partial charge in [0.15, 0.2) is 0 Å². The Kier molecular flexibility index (Phi) is 3.48. The zero-order valence-corrected chi connectivity index (χ0v) is 10.3. The van der Waals surface area contributed by atoms with E-state index in [0.717, 1.165) is 5.56 Å². The Morgan fingerprint density at radius 3 is 2.72 bits per heavy atom. The van der Waals surface area contributed by atoms with Crippen LogP contribution in [0.4, 0.5) is 0 Å². The van der Waals surface area contributed by atoms with Crippen LogP contribution in [0.2, 0.25) is 5.02 Å². The lowest BCUT2D eigenvalue weighted by Gasteiger charge is -2.06. The third-order valence-electron chi connectivity index (χ3n) is 2.42. The summed E-state index contributed by atoms with van der Waals surface area (Å²) in [6.45, 7) is 0. The Balaban J connectivity index is 2.45. The maximum absolute atomic E-state index is 10.8. The number of aromatic carboxylic acids is 1. The Morgan fingerprint density at radius 1 is 1.33 bits per heavy atom. The molecule has 2 rings (SSSR count). The summed E-state index contributed by atoms with van der Waals surface area (Å²) in [5.41, 5.74) is 1.29. The van der Waals surface area contributed by atoms with Crippen LogP contribution in [0.5, 0.6) is 5.75 Å². The molecule has 0 saturated heterocycles. The molecular formula is C13H10ClNO3. The van der Waals surface area contributed by atoms with Crippen molar-refractivity contribution in [2.75, 3.05) is 7.11 Å². The van der Waals surface area contributed by atoms with Crippen LogP contribution >= 0.6 is 11.6 Å². The van der Waals surface area contributed by atoms with E-state index in [1.807, 2.05) is 0 Å². The Labute approximate surface area is 109 Å². The fourth-order valence-electron chi connectivity index (χ4n) is 1.54. The molecule has 0 radical (unpaired) electrons. The van der Waals surface area contributed by atoms with E-state index >= 15 is 0 Å². The van der Waals surface area contributed by atoms with Gasteiger partial charge < -0.3 is 9.84 Å². The predicted molar refractivity (Wildman–Crippen MR) is 68.2 cm³/mol. The summed E-state index contributed by atoms with van der Waals surface area (Å²) < 4.78 is 5.05. The highest BCUT2D eigenvalue weighted by atomic mass is 35.5. The summed E-state index contributed by atoms with van der Waals surface area (Å²) in [4.78, 5) is 14.9. The smallest absolute Gasteiger partial charge is 0.354 e. The maximum Gasteiger partial charge on any atom is 0.354 e. The summed E-state index contributed by atoms with van der Waals surface area (Å²) in [6.07, 6.45) is 0. The summed E-state index contributed by atoms with van der Waals surface area (Å²) in [7, 11) is 1.53. The lowest BCUT2D eigenvalue weighted by Crippen LogP contribution is -2.00. The number of carbonyl (C=O) groups is 1. The average molecular weight is 264 g/mol. The van der Waals surface area contributed by atoms with Crippen LogP contribution in [0.25, 0.3) is 11.3 Å². The van der Waals surface area contributed by atoms with Crippen LogP contribution in [0.3, 0.4) is 0 Å². The van der Waals surface area contributed by atoms with Crippen LogP contribution in [-0.4, -0.2) is 23.2 Å². The molecule has 1 heterocycles. The molecule has 0 fully saturated rings. The van der Waals surface area contributed by atoms with Crippen molar-refractivity contribution in [3.63, 3.8) is 0 Å². The van der Waals surface area contributed by atoms with Crippen molar-refractivity contribution in [3.05, 3.63) is 47.1 Å². The van der Waals surface area contributed by atoms with Crippen molar-refractivity contribution in [3.8, 4) is 17.0 Å². The van der Waals surface area contributed by atoms with E-state index < -0.39 is 5.97 Å². The molecule has 1 aromatic carbocycles. The van der Waals surface area contributed by atoms with Crippen LogP contribution in [0.1, 0.15) is 10.5 Å². The summed E-state index contributed by atoms with van der Waals surface area (Å²) in [5.74, 6) is -0.494. The number of benzene rings is 1. The van der Waals surface area contributed by atoms with Crippen molar-refractivity contribution in [2.45, 2.75) is 0 Å². The minimum Gasteiger partial charge on any atom is -0.495 e. The van der Waals surface area contributed by atoms with Gasteiger partial charge in [0.05, 0.1) is 17.8 Å². The number of nitrogens with zero attached hydrogens (tertiary/aromatic N) is 1. The van der Waals surface area contributed by atoms with Crippen LogP contribution in [-0.2, 0) is 0 Å². The number of hydrogen-bond acceptors (Lipinski definition) is 3. The minimum atomic E-state index is -1.06. The van der Waals surface area contributed by atoms with Gasteiger partial charge in [-0.25, -0.2) is 9.78 Å². The fourth-order valence-corrected chi connectivity index (χ4v) is 1.80. The molecule has 0 amide bonds. The second-order valence-electron chi connectivity index (χ2n) is 3.56. The molecule has 0 aliphatic heterocycles. The zero-order valence-electron chi connectivity index (χ0n) is 9.55. The molecule has 2 aromatic rings. The van der Waals surface area contributed by atoms with Gasteiger partial charge >= 0.3 is 5.97 Å². The molecule has 18 heavy (non-hydrogen) atoms. The predicted octanol–water partition coefficient (Wildman–Crippen LogP) is 3.11. The van der Waals surface area contributed by atoms with Crippen molar-refractivity contribution >= 4 is 17.6 Å². The number of carboxylic acid groups (broad SMARTS) is 1. The van der Waals surface area contributed by atoms with Crippen LogP contribution < -0.4 is 4.74 Å². The van der Waals surface area contributed by atoms with E-state index in [2.05, 4.69) is 4.98 Å². The summed E-state index contributed by atoms with van der Waals surface area (Å²) in [5, 5.41) is 9.34. The Bertz CT molecular complexity index is 599. The molecule has 1 N–H and O–H groups in total.